The minimum absolute atomic E-state index is 0.381. The van der Waals surface area contributed by atoms with Crippen LogP contribution in [0.5, 0.6) is 0 Å². The number of hydrogen-bond acceptors (Lipinski definition) is 5. The van der Waals surface area contributed by atoms with Crippen molar-refractivity contribution in [1.29, 1.82) is 0 Å². The second kappa shape index (κ2) is 10.3. The van der Waals surface area contributed by atoms with Gasteiger partial charge in [0.2, 0.25) is 0 Å². The van der Waals surface area contributed by atoms with Gasteiger partial charge in [0.15, 0.2) is 0 Å². The van der Waals surface area contributed by atoms with E-state index in [4.69, 9.17) is 14.2 Å². The largest absolute Gasteiger partial charge is 0.444 e. The van der Waals surface area contributed by atoms with Crippen molar-refractivity contribution in [1.82, 2.24) is 4.90 Å². The van der Waals surface area contributed by atoms with E-state index in [1.54, 1.807) is 7.05 Å². The molecule has 4 atom stereocenters. The smallest absolute Gasteiger partial charge is 0.410 e. The summed E-state index contributed by atoms with van der Waals surface area (Å²) in [5.74, 6) is 0. The maximum atomic E-state index is 12.7. The Morgan fingerprint density at radius 3 is 1.90 bits per heavy atom. The second-order valence-electron chi connectivity index (χ2n) is 8.98. The molecule has 0 unspecified atom stereocenters. The Morgan fingerprint density at radius 1 is 0.935 bits per heavy atom. The standard InChI is InChI=1S/C25H33NO5/c1-25(2,3)31-24(28)26(4)22-20(29-16-18-11-7-5-8-12-18)15-21(23(22)27)30-17-19-13-9-6-10-14-19/h5-14,20-23,27H,15-17H2,1-4H3/t20-,21+,22+,23+/m1/s1. The molecular weight excluding hydrogens is 394 g/mol. The summed E-state index contributed by atoms with van der Waals surface area (Å²) >= 11 is 0. The SMILES string of the molecule is CN(C(=O)OC(C)(C)C)[C@@H]1[C@@H](O)[C@@H](OCc2ccccc2)C[C@H]1OCc1ccccc1. The maximum Gasteiger partial charge on any atom is 0.410 e. The van der Waals surface area contributed by atoms with Gasteiger partial charge in [-0.25, -0.2) is 4.79 Å². The van der Waals surface area contributed by atoms with Crippen LogP contribution < -0.4 is 0 Å². The molecule has 0 aliphatic heterocycles. The van der Waals surface area contributed by atoms with Crippen LogP contribution in [0.1, 0.15) is 38.3 Å². The highest BCUT2D eigenvalue weighted by Gasteiger charge is 2.48. The van der Waals surface area contributed by atoms with Gasteiger partial charge in [-0.05, 0) is 31.9 Å². The molecule has 1 fully saturated rings. The first kappa shape index (κ1) is 23.3. The number of likely N-dealkylation sites (N-methyl/N-ethyl adjacent to an activating group) is 1. The summed E-state index contributed by atoms with van der Waals surface area (Å²) < 4.78 is 17.7. The van der Waals surface area contributed by atoms with Crippen LogP contribution in [0.25, 0.3) is 0 Å². The molecule has 1 N–H and O–H groups in total. The Labute approximate surface area is 184 Å². The Balaban J connectivity index is 1.71. The van der Waals surface area contributed by atoms with Crippen LogP contribution >= 0.6 is 0 Å². The van der Waals surface area contributed by atoms with Gasteiger partial charge in [0.05, 0.1) is 31.5 Å². The number of aliphatic hydroxyl groups is 1. The Hall–Kier alpha value is -2.41. The second-order valence-corrected chi connectivity index (χ2v) is 8.98. The van der Waals surface area contributed by atoms with Gasteiger partial charge < -0.3 is 24.2 Å². The van der Waals surface area contributed by atoms with E-state index in [0.717, 1.165) is 11.1 Å². The first-order valence-electron chi connectivity index (χ1n) is 10.7. The molecule has 1 saturated carbocycles. The number of aliphatic hydroxyl groups excluding tert-OH is 1. The Morgan fingerprint density at radius 2 is 1.42 bits per heavy atom. The summed E-state index contributed by atoms with van der Waals surface area (Å²) in [7, 11) is 1.64. The zero-order valence-electron chi connectivity index (χ0n) is 18.7. The van der Waals surface area contributed by atoms with E-state index >= 15 is 0 Å². The van der Waals surface area contributed by atoms with Gasteiger partial charge in [0, 0.05) is 13.5 Å². The van der Waals surface area contributed by atoms with Crippen LogP contribution in [0.15, 0.2) is 60.7 Å². The highest BCUT2D eigenvalue weighted by atomic mass is 16.6. The number of ether oxygens (including phenoxy) is 3. The van der Waals surface area contributed by atoms with Gasteiger partial charge >= 0.3 is 6.09 Å². The number of benzene rings is 2. The Kier molecular flexibility index (Phi) is 7.70. The molecule has 0 spiro atoms. The molecule has 3 rings (SSSR count). The van der Waals surface area contributed by atoms with E-state index in [1.807, 2.05) is 81.4 Å². The normalized spacial score (nSPS) is 23.5. The van der Waals surface area contributed by atoms with Crippen molar-refractivity contribution in [3.8, 4) is 0 Å². The van der Waals surface area contributed by atoms with E-state index in [0.29, 0.717) is 19.6 Å². The van der Waals surface area contributed by atoms with E-state index in [2.05, 4.69) is 0 Å². The highest BCUT2D eigenvalue weighted by molar-refractivity contribution is 5.68. The minimum atomic E-state index is -0.887. The number of rotatable bonds is 7. The third-order valence-electron chi connectivity index (χ3n) is 5.32. The minimum Gasteiger partial charge on any atom is -0.444 e. The summed E-state index contributed by atoms with van der Waals surface area (Å²) in [4.78, 5) is 14.1. The van der Waals surface area contributed by atoms with Gasteiger partial charge in [0.25, 0.3) is 0 Å². The third-order valence-corrected chi connectivity index (χ3v) is 5.32. The van der Waals surface area contributed by atoms with Crippen LogP contribution in [0.4, 0.5) is 4.79 Å². The highest BCUT2D eigenvalue weighted by Crippen LogP contribution is 2.31. The van der Waals surface area contributed by atoms with Crippen LogP contribution in [-0.2, 0) is 27.4 Å². The molecule has 1 aliphatic rings. The number of amides is 1. The van der Waals surface area contributed by atoms with Gasteiger partial charge in [0.1, 0.15) is 11.7 Å². The molecule has 2 aromatic carbocycles. The monoisotopic (exact) mass is 427 g/mol. The maximum absolute atomic E-state index is 12.7. The molecule has 0 saturated heterocycles. The molecule has 6 nitrogen and oxygen atoms in total. The van der Waals surface area contributed by atoms with E-state index < -0.39 is 29.9 Å². The zero-order chi connectivity index (χ0) is 22.4. The van der Waals surface area contributed by atoms with Crippen LogP contribution in [-0.4, -0.2) is 53.1 Å². The molecule has 0 bridgehead atoms. The molecule has 168 valence electrons. The molecule has 0 aromatic heterocycles. The molecule has 6 heteroatoms. The number of carbonyl (C=O) groups excluding carboxylic acids is 1. The van der Waals surface area contributed by atoms with Crippen LogP contribution in [0.2, 0.25) is 0 Å². The predicted octanol–water partition coefficient (Wildman–Crippen LogP) is 4.16. The van der Waals surface area contributed by atoms with Crippen LogP contribution in [0, 0.1) is 0 Å². The molecule has 31 heavy (non-hydrogen) atoms. The fourth-order valence-corrected chi connectivity index (χ4v) is 3.77. The molecule has 1 aliphatic carbocycles. The van der Waals surface area contributed by atoms with Crippen LogP contribution in [0.3, 0.4) is 0 Å². The fraction of sp³-hybridized carbons (Fsp3) is 0.480. The lowest BCUT2D eigenvalue weighted by atomic mass is 10.1. The van der Waals surface area contributed by atoms with Crippen molar-refractivity contribution in [3.63, 3.8) is 0 Å². The van der Waals surface area contributed by atoms with Crippen molar-refractivity contribution < 1.29 is 24.1 Å². The average molecular weight is 428 g/mol. The van der Waals surface area contributed by atoms with Crippen molar-refractivity contribution in [2.24, 2.45) is 0 Å². The first-order chi connectivity index (χ1) is 14.7. The molecule has 0 heterocycles. The summed E-state index contributed by atoms with van der Waals surface area (Å²) in [6, 6.07) is 19.1. The van der Waals surface area contributed by atoms with E-state index in [1.165, 1.54) is 4.90 Å². The summed E-state index contributed by atoms with van der Waals surface area (Å²) in [6.07, 6.45) is -1.72. The topological polar surface area (TPSA) is 68.2 Å². The fourth-order valence-electron chi connectivity index (χ4n) is 3.77. The van der Waals surface area contributed by atoms with E-state index in [-0.39, 0.29) is 6.10 Å². The number of nitrogens with zero attached hydrogens (tertiary/aromatic N) is 1. The van der Waals surface area contributed by atoms with E-state index in [9.17, 15) is 9.90 Å². The van der Waals surface area contributed by atoms with Crippen molar-refractivity contribution in [2.45, 2.75) is 70.4 Å². The molecular formula is C25H33NO5. The predicted molar refractivity (Wildman–Crippen MR) is 118 cm³/mol. The summed E-state index contributed by atoms with van der Waals surface area (Å²) in [5.41, 5.74) is 1.43. The molecule has 0 radical (unpaired) electrons. The quantitative estimate of drug-likeness (QED) is 0.719. The Bertz CT molecular complexity index is 821. The lowest BCUT2D eigenvalue weighted by Gasteiger charge is -2.33. The third kappa shape index (κ3) is 6.53. The average Bonchev–Trinajstić information content (AvgIpc) is 3.05. The van der Waals surface area contributed by atoms with Gasteiger partial charge in [-0.15, -0.1) is 0 Å². The van der Waals surface area contributed by atoms with Crippen molar-refractivity contribution >= 4 is 6.09 Å². The molecule has 1 amide bonds. The molecule has 2 aromatic rings. The van der Waals surface area contributed by atoms with Gasteiger partial charge in [-0.1, -0.05) is 60.7 Å². The van der Waals surface area contributed by atoms with Gasteiger partial charge in [-0.2, -0.15) is 0 Å². The summed E-state index contributed by atoms with van der Waals surface area (Å²) in [6.45, 7) is 6.23. The van der Waals surface area contributed by atoms with Crippen molar-refractivity contribution in [3.05, 3.63) is 71.8 Å². The number of carbonyl (C=O) groups is 1. The lowest BCUT2D eigenvalue weighted by molar-refractivity contribution is -0.0578. The lowest BCUT2D eigenvalue weighted by Crippen LogP contribution is -2.50. The zero-order valence-corrected chi connectivity index (χ0v) is 18.7. The summed E-state index contributed by atoms with van der Waals surface area (Å²) in [5, 5.41) is 11.1. The van der Waals surface area contributed by atoms with Gasteiger partial charge in [-0.3, -0.25) is 0 Å². The number of hydrogen-bond donors (Lipinski definition) is 1. The van der Waals surface area contributed by atoms with Crippen molar-refractivity contribution in [2.75, 3.05) is 7.05 Å². The first-order valence-corrected chi connectivity index (χ1v) is 10.7.